The zero-order chi connectivity index (χ0) is 13.1. The number of nitrogens with one attached hydrogen (secondary N) is 2. The monoisotopic (exact) mass is 246 g/mol. The number of carbonyl (C=O) groups is 2. The summed E-state index contributed by atoms with van der Waals surface area (Å²) >= 11 is 0. The molecule has 96 valence electrons. The van der Waals surface area contributed by atoms with Crippen LogP contribution in [0.1, 0.15) is 34.3 Å². The fraction of sp³-hybridized carbons (Fsp3) is 0.429. The molecule has 1 aromatic rings. The number of carbonyl (C=O) groups excluding carboxylic acids is 2. The van der Waals surface area contributed by atoms with Crippen molar-refractivity contribution in [1.29, 1.82) is 0 Å². The molecule has 1 aromatic carbocycles. The van der Waals surface area contributed by atoms with E-state index in [-0.39, 0.29) is 18.4 Å². The molecule has 1 aliphatic rings. The van der Waals surface area contributed by atoms with E-state index >= 15 is 0 Å². The van der Waals surface area contributed by atoms with Gasteiger partial charge in [0, 0.05) is 11.6 Å². The number of hydrogen-bond donors (Lipinski definition) is 2. The summed E-state index contributed by atoms with van der Waals surface area (Å²) in [5.41, 5.74) is 2.66. The van der Waals surface area contributed by atoms with Crippen molar-refractivity contribution in [2.75, 3.05) is 6.54 Å². The molecule has 0 aromatic heterocycles. The van der Waals surface area contributed by atoms with E-state index in [1.54, 1.807) is 6.07 Å². The molecule has 1 saturated carbocycles. The lowest BCUT2D eigenvalue weighted by atomic mass is 10.0. The molecule has 2 amide bonds. The summed E-state index contributed by atoms with van der Waals surface area (Å²) in [5.74, 6) is -0.307. The quantitative estimate of drug-likeness (QED) is 0.841. The minimum atomic E-state index is -0.192. The van der Waals surface area contributed by atoms with Gasteiger partial charge in [-0.25, -0.2) is 0 Å². The van der Waals surface area contributed by atoms with E-state index < -0.39 is 0 Å². The Kier molecular flexibility index (Phi) is 3.65. The molecule has 0 heterocycles. The molecule has 0 bridgehead atoms. The summed E-state index contributed by atoms with van der Waals surface area (Å²) in [6, 6.07) is 5.92. The standard InChI is InChI=1S/C14H18N2O2/c1-9-4-3-5-12(10(9)2)14(18)15-8-13(17)16-11-6-7-11/h3-5,11H,6-8H2,1-2H3,(H,15,18)(H,16,17). The van der Waals surface area contributed by atoms with Gasteiger partial charge in [0.15, 0.2) is 0 Å². The van der Waals surface area contributed by atoms with Gasteiger partial charge in [-0.15, -0.1) is 0 Å². The van der Waals surface area contributed by atoms with Crippen LogP contribution in [0, 0.1) is 13.8 Å². The van der Waals surface area contributed by atoms with Crippen molar-refractivity contribution in [2.24, 2.45) is 0 Å². The molecule has 18 heavy (non-hydrogen) atoms. The molecule has 0 unspecified atom stereocenters. The second-order valence-corrected chi connectivity index (χ2v) is 4.77. The molecular weight excluding hydrogens is 228 g/mol. The first-order valence-electron chi connectivity index (χ1n) is 6.21. The maximum Gasteiger partial charge on any atom is 0.251 e. The highest BCUT2D eigenvalue weighted by atomic mass is 16.2. The second-order valence-electron chi connectivity index (χ2n) is 4.77. The van der Waals surface area contributed by atoms with Gasteiger partial charge in [-0.1, -0.05) is 12.1 Å². The predicted octanol–water partition coefficient (Wildman–Crippen LogP) is 1.31. The van der Waals surface area contributed by atoms with Crippen molar-refractivity contribution in [2.45, 2.75) is 32.7 Å². The van der Waals surface area contributed by atoms with Crippen molar-refractivity contribution in [3.8, 4) is 0 Å². The first-order valence-corrected chi connectivity index (χ1v) is 6.21. The number of amides is 2. The molecule has 0 radical (unpaired) electrons. The summed E-state index contributed by atoms with van der Waals surface area (Å²) in [5, 5.41) is 5.48. The van der Waals surface area contributed by atoms with E-state index in [1.807, 2.05) is 26.0 Å². The van der Waals surface area contributed by atoms with Gasteiger partial charge in [0.25, 0.3) is 5.91 Å². The fourth-order valence-corrected chi connectivity index (χ4v) is 1.76. The molecule has 2 rings (SSSR count). The van der Waals surface area contributed by atoms with Gasteiger partial charge in [0.2, 0.25) is 5.91 Å². The van der Waals surface area contributed by atoms with Crippen LogP contribution < -0.4 is 10.6 Å². The van der Waals surface area contributed by atoms with Gasteiger partial charge >= 0.3 is 0 Å². The Morgan fingerprint density at radius 3 is 2.67 bits per heavy atom. The fourth-order valence-electron chi connectivity index (χ4n) is 1.76. The second kappa shape index (κ2) is 5.21. The van der Waals surface area contributed by atoms with Gasteiger partial charge < -0.3 is 10.6 Å². The number of hydrogen-bond acceptors (Lipinski definition) is 2. The Balaban J connectivity index is 1.90. The van der Waals surface area contributed by atoms with E-state index in [1.165, 1.54) is 0 Å². The van der Waals surface area contributed by atoms with Gasteiger partial charge in [0.05, 0.1) is 6.54 Å². The highest BCUT2D eigenvalue weighted by Gasteiger charge is 2.23. The van der Waals surface area contributed by atoms with E-state index in [4.69, 9.17) is 0 Å². The number of rotatable bonds is 4. The summed E-state index contributed by atoms with van der Waals surface area (Å²) in [4.78, 5) is 23.4. The van der Waals surface area contributed by atoms with Crippen molar-refractivity contribution in [3.63, 3.8) is 0 Å². The Morgan fingerprint density at radius 2 is 2.00 bits per heavy atom. The van der Waals surface area contributed by atoms with E-state index in [9.17, 15) is 9.59 Å². The van der Waals surface area contributed by atoms with Crippen molar-refractivity contribution in [1.82, 2.24) is 10.6 Å². The molecule has 0 spiro atoms. The van der Waals surface area contributed by atoms with Crippen LogP contribution in [0.5, 0.6) is 0 Å². The molecule has 1 fully saturated rings. The van der Waals surface area contributed by atoms with E-state index in [0.29, 0.717) is 11.6 Å². The van der Waals surface area contributed by atoms with Gasteiger partial charge in [-0.05, 0) is 43.9 Å². The highest BCUT2D eigenvalue weighted by Crippen LogP contribution is 2.18. The maximum atomic E-state index is 11.9. The normalized spacial score (nSPS) is 14.1. The summed E-state index contributed by atoms with van der Waals surface area (Å²) < 4.78 is 0. The third-order valence-electron chi connectivity index (χ3n) is 3.20. The third-order valence-corrected chi connectivity index (χ3v) is 3.20. The lowest BCUT2D eigenvalue weighted by molar-refractivity contribution is -0.120. The van der Waals surface area contributed by atoms with Crippen LogP contribution in [0.25, 0.3) is 0 Å². The Labute approximate surface area is 107 Å². The molecule has 0 saturated heterocycles. The molecule has 1 aliphatic carbocycles. The van der Waals surface area contributed by atoms with Gasteiger partial charge in [-0.3, -0.25) is 9.59 Å². The largest absolute Gasteiger partial charge is 0.352 e. The zero-order valence-electron chi connectivity index (χ0n) is 10.7. The van der Waals surface area contributed by atoms with E-state index in [0.717, 1.165) is 24.0 Å². The van der Waals surface area contributed by atoms with Crippen molar-refractivity contribution >= 4 is 11.8 Å². The lowest BCUT2D eigenvalue weighted by Gasteiger charge is -2.09. The smallest absolute Gasteiger partial charge is 0.251 e. The van der Waals surface area contributed by atoms with Gasteiger partial charge in [0.1, 0.15) is 0 Å². The molecule has 2 N–H and O–H groups in total. The maximum absolute atomic E-state index is 11.9. The van der Waals surface area contributed by atoms with Crippen molar-refractivity contribution in [3.05, 3.63) is 34.9 Å². The van der Waals surface area contributed by atoms with Crippen molar-refractivity contribution < 1.29 is 9.59 Å². The molecule has 0 aliphatic heterocycles. The average molecular weight is 246 g/mol. The zero-order valence-corrected chi connectivity index (χ0v) is 10.7. The molecule has 4 nitrogen and oxygen atoms in total. The Morgan fingerprint density at radius 1 is 1.28 bits per heavy atom. The van der Waals surface area contributed by atoms with Crippen LogP contribution >= 0.6 is 0 Å². The first kappa shape index (κ1) is 12.6. The molecular formula is C14H18N2O2. The lowest BCUT2D eigenvalue weighted by Crippen LogP contribution is -2.38. The molecule has 4 heteroatoms. The topological polar surface area (TPSA) is 58.2 Å². The molecule has 0 atom stereocenters. The highest BCUT2D eigenvalue weighted by molar-refractivity contribution is 5.97. The average Bonchev–Trinajstić information content (AvgIpc) is 3.13. The Hall–Kier alpha value is -1.84. The summed E-state index contributed by atoms with van der Waals surface area (Å²) in [6.07, 6.45) is 2.10. The van der Waals surface area contributed by atoms with Crippen LogP contribution in [0.15, 0.2) is 18.2 Å². The number of benzene rings is 1. The van der Waals surface area contributed by atoms with Crippen LogP contribution in [-0.2, 0) is 4.79 Å². The van der Waals surface area contributed by atoms with Crippen LogP contribution in [-0.4, -0.2) is 24.4 Å². The van der Waals surface area contributed by atoms with Gasteiger partial charge in [-0.2, -0.15) is 0 Å². The summed E-state index contributed by atoms with van der Waals surface area (Å²) in [7, 11) is 0. The minimum Gasteiger partial charge on any atom is -0.352 e. The predicted molar refractivity (Wildman–Crippen MR) is 69.4 cm³/mol. The summed E-state index contributed by atoms with van der Waals surface area (Å²) in [6.45, 7) is 3.92. The first-order chi connectivity index (χ1) is 8.58. The van der Waals surface area contributed by atoms with Crippen LogP contribution in [0.4, 0.5) is 0 Å². The third kappa shape index (κ3) is 3.09. The van der Waals surface area contributed by atoms with Crippen LogP contribution in [0.3, 0.4) is 0 Å². The number of aryl methyl sites for hydroxylation is 1. The van der Waals surface area contributed by atoms with E-state index in [2.05, 4.69) is 10.6 Å². The van der Waals surface area contributed by atoms with Crippen LogP contribution in [0.2, 0.25) is 0 Å². The SMILES string of the molecule is Cc1cccc(C(=O)NCC(=O)NC2CC2)c1C. The minimum absolute atomic E-state index is 0.0444. The Bertz CT molecular complexity index is 479.